The van der Waals surface area contributed by atoms with Crippen LogP contribution in [0.4, 0.5) is 0 Å². The molecule has 164 valence electrons. The predicted octanol–water partition coefficient (Wildman–Crippen LogP) is 2.34. The number of amides is 2. The van der Waals surface area contributed by atoms with Gasteiger partial charge in [0.25, 0.3) is 11.8 Å². The number of ether oxygens (including phenoxy) is 4. The number of hydrogen-bond donors (Lipinski definition) is 2. The number of carbonyl (C=O) groups is 2. The van der Waals surface area contributed by atoms with Crippen molar-refractivity contribution in [2.24, 2.45) is 11.0 Å². The molecule has 2 aromatic rings. The molecule has 2 amide bonds. The molecule has 1 aliphatic heterocycles. The van der Waals surface area contributed by atoms with E-state index in [0.29, 0.717) is 34.1 Å². The molecule has 1 aliphatic rings. The van der Waals surface area contributed by atoms with E-state index in [4.69, 9.17) is 18.9 Å². The van der Waals surface area contributed by atoms with Gasteiger partial charge in [-0.05, 0) is 47.9 Å². The van der Waals surface area contributed by atoms with Crippen LogP contribution in [0.1, 0.15) is 29.8 Å². The zero-order chi connectivity index (χ0) is 22.4. The van der Waals surface area contributed by atoms with Gasteiger partial charge in [0.2, 0.25) is 6.79 Å². The first-order chi connectivity index (χ1) is 14.9. The van der Waals surface area contributed by atoms with Gasteiger partial charge in [0.1, 0.15) is 6.04 Å². The number of nitrogens with one attached hydrogen (secondary N) is 2. The number of hydrazone groups is 1. The Morgan fingerprint density at radius 2 is 1.77 bits per heavy atom. The third kappa shape index (κ3) is 5.25. The average molecular weight is 427 g/mol. The molecule has 0 radical (unpaired) electrons. The van der Waals surface area contributed by atoms with Crippen molar-refractivity contribution in [3.05, 3.63) is 47.5 Å². The van der Waals surface area contributed by atoms with E-state index < -0.39 is 17.9 Å². The van der Waals surface area contributed by atoms with Crippen molar-refractivity contribution in [1.29, 1.82) is 0 Å². The minimum absolute atomic E-state index is 0.121. The van der Waals surface area contributed by atoms with Gasteiger partial charge in [-0.25, -0.2) is 5.43 Å². The van der Waals surface area contributed by atoms with Gasteiger partial charge in [0.15, 0.2) is 23.0 Å². The lowest BCUT2D eigenvalue weighted by Gasteiger charge is -2.20. The molecule has 0 aromatic heterocycles. The zero-order valence-corrected chi connectivity index (χ0v) is 17.8. The van der Waals surface area contributed by atoms with Crippen LogP contribution in [0.2, 0.25) is 0 Å². The Hall–Kier alpha value is -3.75. The maximum Gasteiger partial charge on any atom is 0.262 e. The zero-order valence-electron chi connectivity index (χ0n) is 17.8. The lowest BCUT2D eigenvalue weighted by molar-refractivity contribution is -0.123. The van der Waals surface area contributed by atoms with Gasteiger partial charge < -0.3 is 24.3 Å². The van der Waals surface area contributed by atoms with Crippen LogP contribution < -0.4 is 29.7 Å². The van der Waals surface area contributed by atoms with Gasteiger partial charge in [0.05, 0.1) is 20.4 Å². The van der Waals surface area contributed by atoms with Gasteiger partial charge in [-0.1, -0.05) is 13.8 Å². The summed E-state index contributed by atoms with van der Waals surface area (Å²) >= 11 is 0. The van der Waals surface area contributed by atoms with Crippen LogP contribution in [0, 0.1) is 5.92 Å². The lowest BCUT2D eigenvalue weighted by Crippen LogP contribution is -2.48. The molecule has 1 heterocycles. The summed E-state index contributed by atoms with van der Waals surface area (Å²) in [6, 6.07) is 9.34. The van der Waals surface area contributed by atoms with Crippen LogP contribution in [0.3, 0.4) is 0 Å². The number of nitrogens with zero attached hydrogens (tertiary/aromatic N) is 1. The summed E-state index contributed by atoms with van der Waals surface area (Å²) < 4.78 is 21.0. The number of hydrogen-bond acceptors (Lipinski definition) is 7. The molecule has 0 saturated heterocycles. The Kier molecular flexibility index (Phi) is 6.96. The van der Waals surface area contributed by atoms with Crippen LogP contribution in [0.25, 0.3) is 0 Å². The molecule has 2 aromatic carbocycles. The molecule has 0 spiro atoms. The summed E-state index contributed by atoms with van der Waals surface area (Å²) in [6.45, 7) is 3.79. The molecule has 1 atom stereocenters. The lowest BCUT2D eigenvalue weighted by atomic mass is 10.0. The number of fused-ring (bicyclic) bond motifs is 1. The fourth-order valence-electron chi connectivity index (χ4n) is 2.97. The molecule has 0 fully saturated rings. The van der Waals surface area contributed by atoms with Gasteiger partial charge in [-0.15, -0.1) is 0 Å². The van der Waals surface area contributed by atoms with Crippen LogP contribution in [0.15, 0.2) is 41.5 Å². The van der Waals surface area contributed by atoms with Crippen molar-refractivity contribution in [3.8, 4) is 23.0 Å². The molecule has 0 unspecified atom stereocenters. The highest BCUT2D eigenvalue weighted by Crippen LogP contribution is 2.32. The van der Waals surface area contributed by atoms with E-state index in [1.54, 1.807) is 43.5 Å². The molecule has 9 heteroatoms. The fraction of sp³-hybridized carbons (Fsp3) is 0.318. The molecule has 0 aliphatic carbocycles. The van der Waals surface area contributed by atoms with Crippen molar-refractivity contribution in [2.75, 3.05) is 21.0 Å². The summed E-state index contributed by atoms with van der Waals surface area (Å²) in [5.41, 5.74) is 3.56. The number of rotatable bonds is 8. The summed E-state index contributed by atoms with van der Waals surface area (Å²) in [4.78, 5) is 25.3. The van der Waals surface area contributed by atoms with Gasteiger partial charge in [0, 0.05) is 5.56 Å². The normalized spacial score (nSPS) is 13.2. The fourth-order valence-corrected chi connectivity index (χ4v) is 2.97. The van der Waals surface area contributed by atoms with Crippen molar-refractivity contribution in [1.82, 2.24) is 10.7 Å². The van der Waals surface area contributed by atoms with Crippen LogP contribution in [-0.4, -0.2) is 45.1 Å². The first-order valence-corrected chi connectivity index (χ1v) is 9.68. The number of benzene rings is 2. The van der Waals surface area contributed by atoms with Crippen molar-refractivity contribution >= 4 is 18.0 Å². The highest BCUT2D eigenvalue weighted by Gasteiger charge is 2.25. The minimum Gasteiger partial charge on any atom is -0.493 e. The first kappa shape index (κ1) is 21.9. The molecular formula is C22H25N3O6. The number of carbonyl (C=O) groups excluding carboxylic acids is 2. The topological polar surface area (TPSA) is 107 Å². The maximum absolute atomic E-state index is 12.6. The second-order valence-corrected chi connectivity index (χ2v) is 7.11. The van der Waals surface area contributed by atoms with Crippen molar-refractivity contribution < 1.29 is 28.5 Å². The average Bonchev–Trinajstić information content (AvgIpc) is 3.24. The van der Waals surface area contributed by atoms with E-state index in [0.717, 1.165) is 0 Å². The second kappa shape index (κ2) is 9.84. The van der Waals surface area contributed by atoms with Crippen molar-refractivity contribution in [2.45, 2.75) is 19.9 Å². The SMILES string of the molecule is COc1ccc(/C=N\NC(=O)[C@@H](NC(=O)c2ccc3c(c2)OCO3)C(C)C)cc1OC. The van der Waals surface area contributed by atoms with Crippen LogP contribution >= 0.6 is 0 Å². The number of methoxy groups -OCH3 is 2. The summed E-state index contributed by atoms with van der Waals surface area (Å²) in [7, 11) is 3.09. The van der Waals surface area contributed by atoms with Crippen LogP contribution in [-0.2, 0) is 4.79 Å². The molecule has 0 saturated carbocycles. The molecule has 0 bridgehead atoms. The van der Waals surface area contributed by atoms with E-state index in [1.807, 2.05) is 13.8 Å². The van der Waals surface area contributed by atoms with E-state index in [9.17, 15) is 9.59 Å². The van der Waals surface area contributed by atoms with Gasteiger partial charge in [-0.3, -0.25) is 9.59 Å². The summed E-state index contributed by atoms with van der Waals surface area (Å²) in [5.74, 6) is 1.24. The molecule has 2 N–H and O–H groups in total. The molecular weight excluding hydrogens is 402 g/mol. The first-order valence-electron chi connectivity index (χ1n) is 9.68. The molecule has 9 nitrogen and oxygen atoms in total. The monoisotopic (exact) mass is 427 g/mol. The Bertz CT molecular complexity index is 989. The predicted molar refractivity (Wildman–Crippen MR) is 114 cm³/mol. The van der Waals surface area contributed by atoms with E-state index in [-0.39, 0.29) is 12.7 Å². The summed E-state index contributed by atoms with van der Waals surface area (Å²) in [6.07, 6.45) is 1.48. The third-order valence-corrected chi connectivity index (χ3v) is 4.67. The van der Waals surface area contributed by atoms with E-state index in [2.05, 4.69) is 15.8 Å². The molecule has 31 heavy (non-hydrogen) atoms. The largest absolute Gasteiger partial charge is 0.493 e. The standard InChI is InChI=1S/C22H25N3O6/c1-13(2)20(24-21(26)15-6-8-17-19(10-15)31-12-30-17)22(27)25-23-11-14-5-7-16(28-3)18(9-14)29-4/h5-11,13,20H,12H2,1-4H3,(H,24,26)(H,25,27)/b23-11-/t20-/m0/s1. The third-order valence-electron chi connectivity index (χ3n) is 4.67. The highest BCUT2D eigenvalue weighted by molar-refractivity contribution is 5.98. The van der Waals surface area contributed by atoms with E-state index in [1.165, 1.54) is 13.3 Å². The highest BCUT2D eigenvalue weighted by atomic mass is 16.7. The maximum atomic E-state index is 12.6. The van der Waals surface area contributed by atoms with E-state index >= 15 is 0 Å². The minimum atomic E-state index is -0.777. The van der Waals surface area contributed by atoms with Crippen molar-refractivity contribution in [3.63, 3.8) is 0 Å². The Morgan fingerprint density at radius 1 is 1.03 bits per heavy atom. The van der Waals surface area contributed by atoms with Crippen LogP contribution in [0.5, 0.6) is 23.0 Å². The van der Waals surface area contributed by atoms with Gasteiger partial charge in [-0.2, -0.15) is 5.10 Å². The Balaban J connectivity index is 1.64. The quantitative estimate of drug-likeness (QED) is 0.495. The smallest absolute Gasteiger partial charge is 0.262 e. The Labute approximate surface area is 180 Å². The molecule has 3 rings (SSSR count). The Morgan fingerprint density at radius 3 is 2.48 bits per heavy atom. The van der Waals surface area contributed by atoms with Gasteiger partial charge >= 0.3 is 0 Å². The second-order valence-electron chi connectivity index (χ2n) is 7.11. The summed E-state index contributed by atoms with van der Waals surface area (Å²) in [5, 5.41) is 6.74.